The largest absolute Gasteiger partial charge is 0.369 e. The van der Waals surface area contributed by atoms with Gasteiger partial charge in [-0.15, -0.1) is 0 Å². The summed E-state index contributed by atoms with van der Waals surface area (Å²) in [6.45, 7) is 7.58. The number of nitrogens with zero attached hydrogens (tertiary/aromatic N) is 2. The Kier molecular flexibility index (Phi) is 6.41. The van der Waals surface area contributed by atoms with E-state index < -0.39 is 0 Å². The van der Waals surface area contributed by atoms with Gasteiger partial charge in [-0.1, -0.05) is 36.7 Å². The molecule has 4 nitrogen and oxygen atoms in total. The maximum atomic E-state index is 12.2. The summed E-state index contributed by atoms with van der Waals surface area (Å²) in [7, 11) is 0. The summed E-state index contributed by atoms with van der Waals surface area (Å²) < 4.78 is 0. The third-order valence-corrected chi connectivity index (χ3v) is 6.52. The molecule has 1 amide bonds. The lowest BCUT2D eigenvalue weighted by Gasteiger charge is -2.36. The number of carbonyl (C=O) groups excluding carboxylic acids is 1. The Morgan fingerprint density at radius 2 is 1.79 bits per heavy atom. The fourth-order valence-electron chi connectivity index (χ4n) is 4.56. The average molecular weight is 412 g/mol. The number of piperazine rings is 1. The summed E-state index contributed by atoms with van der Waals surface area (Å²) in [5, 5.41) is 3.91. The predicted molar refractivity (Wildman–Crippen MR) is 121 cm³/mol. The van der Waals surface area contributed by atoms with Crippen molar-refractivity contribution in [3.8, 4) is 0 Å². The van der Waals surface area contributed by atoms with Gasteiger partial charge in [0.2, 0.25) is 5.91 Å². The number of nitrogens with one attached hydrogen (secondary N) is 1. The van der Waals surface area contributed by atoms with Gasteiger partial charge < -0.3 is 10.2 Å². The molecule has 0 spiro atoms. The highest BCUT2D eigenvalue weighted by Crippen LogP contribution is 2.37. The van der Waals surface area contributed by atoms with E-state index in [9.17, 15) is 4.79 Å². The number of fused-ring (bicyclic) bond motifs is 1. The van der Waals surface area contributed by atoms with Crippen molar-refractivity contribution in [1.29, 1.82) is 0 Å². The van der Waals surface area contributed by atoms with Crippen molar-refractivity contribution in [2.45, 2.75) is 38.5 Å². The molecule has 154 valence electrons. The van der Waals surface area contributed by atoms with Gasteiger partial charge in [0.05, 0.1) is 5.92 Å². The van der Waals surface area contributed by atoms with Crippen molar-refractivity contribution >= 4 is 28.9 Å². The molecule has 1 saturated heterocycles. The van der Waals surface area contributed by atoms with E-state index in [-0.39, 0.29) is 11.8 Å². The van der Waals surface area contributed by atoms with Crippen LogP contribution < -0.4 is 10.2 Å². The Bertz CT molecular complexity index is 844. The number of benzene rings is 2. The van der Waals surface area contributed by atoms with E-state index in [4.69, 9.17) is 11.6 Å². The summed E-state index contributed by atoms with van der Waals surface area (Å²) in [5.74, 6) is 0.190. The number of amides is 1. The van der Waals surface area contributed by atoms with Crippen molar-refractivity contribution in [3.05, 3.63) is 58.6 Å². The van der Waals surface area contributed by atoms with Crippen molar-refractivity contribution < 1.29 is 4.79 Å². The van der Waals surface area contributed by atoms with Crippen LogP contribution in [-0.4, -0.2) is 43.5 Å². The molecule has 0 aliphatic carbocycles. The number of aryl methyl sites for hydroxylation is 1. The molecular formula is C24H30ClN3O. The molecule has 29 heavy (non-hydrogen) atoms. The molecule has 4 rings (SSSR count). The minimum absolute atomic E-state index is 0.0295. The van der Waals surface area contributed by atoms with Gasteiger partial charge in [-0.25, -0.2) is 0 Å². The Labute approximate surface area is 178 Å². The summed E-state index contributed by atoms with van der Waals surface area (Å²) in [6.07, 6.45) is 4.24. The van der Waals surface area contributed by atoms with Crippen LogP contribution in [0.5, 0.6) is 0 Å². The Hall–Kier alpha value is -2.04. The van der Waals surface area contributed by atoms with Crippen LogP contribution in [0.15, 0.2) is 42.5 Å². The number of unbranched alkanes of at least 4 members (excludes halogenated alkanes) is 1. The number of para-hydroxylation sites is 1. The molecule has 1 N–H and O–H groups in total. The van der Waals surface area contributed by atoms with Crippen LogP contribution >= 0.6 is 11.6 Å². The molecule has 2 aromatic rings. The second-order valence-electron chi connectivity index (χ2n) is 8.09. The van der Waals surface area contributed by atoms with E-state index in [1.165, 1.54) is 23.2 Å². The first-order chi connectivity index (χ1) is 14.2. The van der Waals surface area contributed by atoms with Crippen molar-refractivity contribution in [2.24, 2.45) is 0 Å². The molecule has 0 radical (unpaired) electrons. The second-order valence-corrected chi connectivity index (χ2v) is 8.53. The van der Waals surface area contributed by atoms with Crippen molar-refractivity contribution in [1.82, 2.24) is 4.90 Å². The van der Waals surface area contributed by atoms with E-state index in [1.807, 2.05) is 12.1 Å². The molecule has 2 aliphatic heterocycles. The Morgan fingerprint density at radius 1 is 1.03 bits per heavy atom. The predicted octanol–water partition coefficient (Wildman–Crippen LogP) is 4.93. The zero-order chi connectivity index (χ0) is 20.2. The van der Waals surface area contributed by atoms with E-state index >= 15 is 0 Å². The van der Waals surface area contributed by atoms with E-state index in [2.05, 4.69) is 52.4 Å². The Morgan fingerprint density at radius 3 is 2.52 bits per heavy atom. The monoisotopic (exact) mass is 411 g/mol. The summed E-state index contributed by atoms with van der Waals surface area (Å²) >= 11 is 5.99. The van der Waals surface area contributed by atoms with Gasteiger partial charge in [0.15, 0.2) is 0 Å². The van der Waals surface area contributed by atoms with Crippen molar-refractivity contribution in [3.63, 3.8) is 0 Å². The first-order valence-electron chi connectivity index (χ1n) is 10.8. The number of halogens is 1. The highest BCUT2D eigenvalue weighted by molar-refractivity contribution is 6.30. The fraction of sp³-hybridized carbons (Fsp3) is 0.458. The van der Waals surface area contributed by atoms with Crippen LogP contribution in [0.2, 0.25) is 5.02 Å². The number of rotatable bonds is 7. The number of carbonyl (C=O) groups is 1. The minimum atomic E-state index is 0.0295. The van der Waals surface area contributed by atoms with E-state index in [0.717, 1.165) is 62.7 Å². The molecule has 0 bridgehead atoms. The lowest BCUT2D eigenvalue weighted by molar-refractivity contribution is -0.117. The van der Waals surface area contributed by atoms with E-state index in [1.54, 1.807) is 0 Å². The zero-order valence-electron chi connectivity index (χ0n) is 17.2. The molecule has 2 aromatic carbocycles. The molecule has 1 atom stereocenters. The molecule has 0 aromatic heterocycles. The maximum absolute atomic E-state index is 12.2. The van der Waals surface area contributed by atoms with Crippen LogP contribution in [0.1, 0.15) is 43.2 Å². The Balaban J connectivity index is 1.22. The van der Waals surface area contributed by atoms with Crippen LogP contribution in [0, 0.1) is 0 Å². The summed E-state index contributed by atoms with van der Waals surface area (Å²) in [6, 6.07) is 14.5. The highest BCUT2D eigenvalue weighted by atomic mass is 35.5. The van der Waals surface area contributed by atoms with Crippen LogP contribution in [0.25, 0.3) is 0 Å². The van der Waals surface area contributed by atoms with Gasteiger partial charge in [0, 0.05) is 42.6 Å². The molecule has 5 heteroatoms. The third kappa shape index (κ3) is 4.59. The van der Waals surface area contributed by atoms with Crippen LogP contribution in [0.4, 0.5) is 11.4 Å². The smallest absolute Gasteiger partial charge is 0.232 e. The molecule has 2 heterocycles. The maximum Gasteiger partial charge on any atom is 0.232 e. The SMILES string of the molecule is CCC1C(=O)Nc2c(CCCCN3CCN(c4ccc(Cl)cc4)CC3)cccc21. The third-order valence-electron chi connectivity index (χ3n) is 6.27. The number of hydrogen-bond donors (Lipinski definition) is 1. The number of anilines is 2. The van der Waals surface area contributed by atoms with Gasteiger partial charge >= 0.3 is 0 Å². The first kappa shape index (κ1) is 20.2. The first-order valence-corrected chi connectivity index (χ1v) is 11.2. The number of hydrogen-bond acceptors (Lipinski definition) is 3. The second kappa shape index (κ2) is 9.19. The van der Waals surface area contributed by atoms with Gasteiger partial charge in [-0.05, 0) is 67.6 Å². The minimum Gasteiger partial charge on any atom is -0.369 e. The standard InChI is InChI=1S/C24H30ClN3O/c1-2-21-22-8-5-7-18(23(22)26-24(21)29)6-3-4-13-27-14-16-28(17-15-27)20-11-9-19(25)10-12-20/h5,7-12,21H,2-4,6,13-17H2,1H3,(H,26,29). The van der Waals surface area contributed by atoms with Gasteiger partial charge in [0.1, 0.15) is 0 Å². The van der Waals surface area contributed by atoms with Gasteiger partial charge in [-0.3, -0.25) is 9.69 Å². The van der Waals surface area contributed by atoms with E-state index in [0.29, 0.717) is 0 Å². The molecule has 2 aliphatic rings. The van der Waals surface area contributed by atoms with Gasteiger partial charge in [0.25, 0.3) is 0 Å². The topological polar surface area (TPSA) is 35.6 Å². The van der Waals surface area contributed by atoms with Crippen molar-refractivity contribution in [2.75, 3.05) is 42.9 Å². The molecule has 0 saturated carbocycles. The summed E-state index contributed by atoms with van der Waals surface area (Å²) in [4.78, 5) is 17.2. The highest BCUT2D eigenvalue weighted by Gasteiger charge is 2.30. The lowest BCUT2D eigenvalue weighted by Crippen LogP contribution is -2.46. The molecular weight excluding hydrogens is 382 g/mol. The van der Waals surface area contributed by atoms with Crippen LogP contribution in [0.3, 0.4) is 0 Å². The lowest BCUT2D eigenvalue weighted by atomic mass is 9.95. The summed E-state index contributed by atoms with van der Waals surface area (Å²) in [5.41, 5.74) is 4.83. The normalized spacial score (nSPS) is 19.3. The molecule has 1 fully saturated rings. The van der Waals surface area contributed by atoms with Gasteiger partial charge in [-0.2, -0.15) is 0 Å². The average Bonchev–Trinajstić information content (AvgIpc) is 3.08. The zero-order valence-corrected chi connectivity index (χ0v) is 17.9. The quantitative estimate of drug-likeness (QED) is 0.656. The van der Waals surface area contributed by atoms with Crippen LogP contribution in [-0.2, 0) is 11.2 Å². The fourth-order valence-corrected chi connectivity index (χ4v) is 4.69. The molecule has 1 unspecified atom stereocenters.